The molecule has 0 aliphatic carbocycles. The van der Waals surface area contributed by atoms with Gasteiger partial charge in [0.1, 0.15) is 23.9 Å². The number of nitrogens with one attached hydrogen (secondary N) is 1. The summed E-state index contributed by atoms with van der Waals surface area (Å²) in [6.07, 6.45) is 2.63. The molecular weight excluding hydrogens is 414 g/mol. The van der Waals surface area contributed by atoms with Gasteiger partial charge in [0.2, 0.25) is 0 Å². The van der Waals surface area contributed by atoms with Crippen LogP contribution in [0, 0.1) is 0 Å². The van der Waals surface area contributed by atoms with Gasteiger partial charge in [-0.2, -0.15) is 0 Å². The summed E-state index contributed by atoms with van der Waals surface area (Å²) in [4.78, 5) is 17.0. The number of benzene rings is 3. The molecule has 1 amide bonds. The number of allylic oxidation sites excluding steroid dienone is 1. The third kappa shape index (κ3) is 5.80. The van der Waals surface area contributed by atoms with Crippen LogP contribution in [0.4, 0.5) is 0 Å². The number of ether oxygens (including phenoxy) is 2. The molecule has 6 heteroatoms. The zero-order valence-electron chi connectivity index (χ0n) is 18.4. The Morgan fingerprint density at radius 1 is 0.970 bits per heavy atom. The molecule has 0 bridgehead atoms. The summed E-state index contributed by atoms with van der Waals surface area (Å²) < 4.78 is 13.7. The molecule has 1 heterocycles. The van der Waals surface area contributed by atoms with Crippen LogP contribution in [0.5, 0.6) is 11.5 Å². The average molecular weight is 442 g/mol. The van der Waals surface area contributed by atoms with Crippen molar-refractivity contribution in [3.8, 4) is 11.5 Å². The zero-order valence-corrected chi connectivity index (χ0v) is 18.4. The van der Waals surface area contributed by atoms with Crippen molar-refractivity contribution in [2.24, 2.45) is 0 Å². The lowest BCUT2D eigenvalue weighted by Gasteiger charge is -2.13. The first-order valence-corrected chi connectivity index (χ1v) is 10.9. The van der Waals surface area contributed by atoms with Crippen LogP contribution in [0.3, 0.4) is 0 Å². The molecule has 4 rings (SSSR count). The standard InChI is InChI=1S/C27H27N3O3/c1-2-10-21-11-6-9-16-25(21)32-18-17-30-24-15-8-7-14-23(24)29-26(30)19-28-27(31)20-33-22-12-4-3-5-13-22/h2-9,11-16H,1,10,17-20H2,(H,28,31). The van der Waals surface area contributed by atoms with E-state index in [1.807, 2.05) is 84.9 Å². The van der Waals surface area contributed by atoms with Crippen LogP contribution in [-0.4, -0.2) is 28.7 Å². The van der Waals surface area contributed by atoms with Crippen molar-refractivity contribution in [3.63, 3.8) is 0 Å². The van der Waals surface area contributed by atoms with Crippen molar-refractivity contribution >= 4 is 16.9 Å². The van der Waals surface area contributed by atoms with E-state index in [1.165, 1.54) is 0 Å². The van der Waals surface area contributed by atoms with Gasteiger partial charge >= 0.3 is 0 Å². The smallest absolute Gasteiger partial charge is 0.258 e. The number of amides is 1. The quantitative estimate of drug-likeness (QED) is 0.347. The highest BCUT2D eigenvalue weighted by Crippen LogP contribution is 2.20. The molecule has 4 aromatic rings. The van der Waals surface area contributed by atoms with E-state index in [0.717, 1.165) is 34.6 Å². The number of para-hydroxylation sites is 4. The average Bonchev–Trinajstić information content (AvgIpc) is 3.21. The van der Waals surface area contributed by atoms with Crippen LogP contribution in [0.2, 0.25) is 0 Å². The highest BCUT2D eigenvalue weighted by atomic mass is 16.5. The first-order valence-electron chi connectivity index (χ1n) is 10.9. The molecule has 1 aromatic heterocycles. The van der Waals surface area contributed by atoms with Gasteiger partial charge in [0.15, 0.2) is 6.61 Å². The van der Waals surface area contributed by atoms with Gasteiger partial charge in [0.25, 0.3) is 5.91 Å². The lowest BCUT2D eigenvalue weighted by atomic mass is 10.1. The molecular formula is C27H27N3O3. The second-order valence-corrected chi connectivity index (χ2v) is 7.50. The number of hydrogen-bond acceptors (Lipinski definition) is 4. The molecule has 0 aliphatic heterocycles. The lowest BCUT2D eigenvalue weighted by Crippen LogP contribution is -2.29. The van der Waals surface area contributed by atoms with E-state index in [-0.39, 0.29) is 12.5 Å². The van der Waals surface area contributed by atoms with E-state index in [9.17, 15) is 4.79 Å². The van der Waals surface area contributed by atoms with Crippen molar-refractivity contribution in [3.05, 3.63) is 103 Å². The summed E-state index contributed by atoms with van der Waals surface area (Å²) >= 11 is 0. The number of fused-ring (bicyclic) bond motifs is 1. The van der Waals surface area contributed by atoms with Crippen LogP contribution in [0.25, 0.3) is 11.0 Å². The molecule has 1 N–H and O–H groups in total. The minimum atomic E-state index is -0.202. The highest BCUT2D eigenvalue weighted by molar-refractivity contribution is 5.78. The molecule has 0 atom stereocenters. The maximum absolute atomic E-state index is 12.3. The van der Waals surface area contributed by atoms with Crippen molar-refractivity contribution in [2.45, 2.75) is 19.5 Å². The fourth-order valence-electron chi connectivity index (χ4n) is 3.62. The molecule has 3 aromatic carbocycles. The summed E-state index contributed by atoms with van der Waals surface area (Å²) in [7, 11) is 0. The number of hydrogen-bond donors (Lipinski definition) is 1. The Balaban J connectivity index is 1.40. The maximum Gasteiger partial charge on any atom is 0.258 e. The Hall–Kier alpha value is -4.06. The van der Waals surface area contributed by atoms with Gasteiger partial charge in [0, 0.05) is 0 Å². The molecule has 0 radical (unpaired) electrons. The van der Waals surface area contributed by atoms with Crippen LogP contribution >= 0.6 is 0 Å². The SMILES string of the molecule is C=CCc1ccccc1OCCn1c(CNC(=O)COc2ccccc2)nc2ccccc21. The van der Waals surface area contributed by atoms with Crippen LogP contribution in [0.15, 0.2) is 91.5 Å². The molecule has 0 aliphatic rings. The lowest BCUT2D eigenvalue weighted by molar-refractivity contribution is -0.123. The number of carbonyl (C=O) groups is 1. The maximum atomic E-state index is 12.3. The van der Waals surface area contributed by atoms with Crippen molar-refractivity contribution < 1.29 is 14.3 Å². The molecule has 0 fully saturated rings. The number of aromatic nitrogens is 2. The second kappa shape index (κ2) is 11.0. The number of imidazole rings is 1. The van der Waals surface area contributed by atoms with Gasteiger partial charge in [0.05, 0.1) is 24.1 Å². The Labute approximate surface area is 193 Å². The minimum absolute atomic E-state index is 0.0482. The highest BCUT2D eigenvalue weighted by Gasteiger charge is 2.12. The number of nitrogens with zero attached hydrogens (tertiary/aromatic N) is 2. The number of rotatable bonds is 11. The van der Waals surface area contributed by atoms with Crippen molar-refractivity contribution in [1.29, 1.82) is 0 Å². The normalized spacial score (nSPS) is 10.7. The van der Waals surface area contributed by atoms with Gasteiger partial charge in [-0.25, -0.2) is 4.98 Å². The Morgan fingerprint density at radius 3 is 2.58 bits per heavy atom. The predicted octanol–water partition coefficient (Wildman–Crippen LogP) is 4.54. The fraction of sp³-hybridized carbons (Fsp3) is 0.185. The monoisotopic (exact) mass is 441 g/mol. The van der Waals surface area contributed by atoms with Crippen LogP contribution in [-0.2, 0) is 24.3 Å². The molecule has 0 spiro atoms. The molecule has 0 saturated heterocycles. The Morgan fingerprint density at radius 2 is 1.73 bits per heavy atom. The summed E-state index contributed by atoms with van der Waals surface area (Å²) in [5.41, 5.74) is 2.99. The van der Waals surface area contributed by atoms with Gasteiger partial charge in [-0.15, -0.1) is 6.58 Å². The Kier molecular flexibility index (Phi) is 7.38. The molecule has 0 saturated carbocycles. The summed E-state index contributed by atoms with van der Waals surface area (Å²) in [5.74, 6) is 2.09. The molecule has 168 valence electrons. The Bertz CT molecular complexity index is 1220. The molecule has 0 unspecified atom stereocenters. The van der Waals surface area contributed by atoms with Crippen LogP contribution in [0.1, 0.15) is 11.4 Å². The largest absolute Gasteiger partial charge is 0.491 e. The van der Waals surface area contributed by atoms with Crippen molar-refractivity contribution in [1.82, 2.24) is 14.9 Å². The third-order valence-electron chi connectivity index (χ3n) is 5.20. The van der Waals surface area contributed by atoms with Gasteiger partial charge in [-0.1, -0.05) is 54.6 Å². The zero-order chi connectivity index (χ0) is 22.9. The third-order valence-corrected chi connectivity index (χ3v) is 5.20. The summed E-state index contributed by atoms with van der Waals surface area (Å²) in [6, 6.07) is 25.2. The van der Waals surface area contributed by atoms with E-state index in [0.29, 0.717) is 25.4 Å². The van der Waals surface area contributed by atoms with E-state index in [4.69, 9.17) is 14.5 Å². The summed E-state index contributed by atoms with van der Waals surface area (Å²) in [5, 5.41) is 2.91. The first-order chi connectivity index (χ1) is 16.2. The van der Waals surface area contributed by atoms with E-state index in [2.05, 4.69) is 16.5 Å². The molecule has 33 heavy (non-hydrogen) atoms. The topological polar surface area (TPSA) is 65.4 Å². The van der Waals surface area contributed by atoms with Gasteiger partial charge in [-0.05, 0) is 42.3 Å². The fourth-order valence-corrected chi connectivity index (χ4v) is 3.62. The van der Waals surface area contributed by atoms with Crippen molar-refractivity contribution in [2.75, 3.05) is 13.2 Å². The first kappa shape index (κ1) is 22.1. The predicted molar refractivity (Wildman–Crippen MR) is 129 cm³/mol. The van der Waals surface area contributed by atoms with E-state index >= 15 is 0 Å². The minimum Gasteiger partial charge on any atom is -0.491 e. The van der Waals surface area contributed by atoms with Crippen LogP contribution < -0.4 is 14.8 Å². The van der Waals surface area contributed by atoms with E-state index in [1.54, 1.807) is 0 Å². The van der Waals surface area contributed by atoms with E-state index < -0.39 is 0 Å². The molecule has 6 nitrogen and oxygen atoms in total. The summed E-state index contributed by atoms with van der Waals surface area (Å²) in [6.45, 7) is 5.16. The second-order valence-electron chi connectivity index (χ2n) is 7.50. The number of carbonyl (C=O) groups excluding carboxylic acids is 1. The van der Waals surface area contributed by atoms with Gasteiger partial charge < -0.3 is 19.4 Å². The van der Waals surface area contributed by atoms with Gasteiger partial charge in [-0.3, -0.25) is 4.79 Å².